The lowest BCUT2D eigenvalue weighted by atomic mass is 10.1. The van der Waals surface area contributed by atoms with Crippen molar-refractivity contribution in [3.05, 3.63) is 65.2 Å². The Kier molecular flexibility index (Phi) is 6.90. The summed E-state index contributed by atoms with van der Waals surface area (Å²) in [6, 6.07) is 10.2. The van der Waals surface area contributed by atoms with E-state index in [-0.39, 0.29) is 29.8 Å². The first-order valence-corrected chi connectivity index (χ1v) is 12.6. The fraction of sp³-hybridized carbons (Fsp3) is 0.458. The zero-order chi connectivity index (χ0) is 22.7. The van der Waals surface area contributed by atoms with E-state index in [9.17, 15) is 22.0 Å². The highest BCUT2D eigenvalue weighted by molar-refractivity contribution is 7.89. The number of piperidine rings is 1. The topological polar surface area (TPSA) is 57.7 Å². The Morgan fingerprint density at radius 3 is 2.31 bits per heavy atom. The number of carbonyl (C=O) groups is 1. The highest BCUT2D eigenvalue weighted by atomic mass is 32.2. The molecule has 1 amide bonds. The molecule has 0 bridgehead atoms. The maximum atomic E-state index is 14.0. The van der Waals surface area contributed by atoms with E-state index in [1.165, 1.54) is 16.4 Å². The van der Waals surface area contributed by atoms with E-state index in [4.69, 9.17) is 0 Å². The monoisotopic (exact) mass is 462 g/mol. The maximum Gasteiger partial charge on any atom is 0.243 e. The molecule has 1 saturated heterocycles. The van der Waals surface area contributed by atoms with Crippen LogP contribution >= 0.6 is 0 Å². The molecule has 5 nitrogen and oxygen atoms in total. The summed E-state index contributed by atoms with van der Waals surface area (Å²) in [6.45, 7) is 1.25. The summed E-state index contributed by atoms with van der Waals surface area (Å²) in [5.41, 5.74) is 1.18. The van der Waals surface area contributed by atoms with E-state index in [1.54, 1.807) is 29.2 Å². The smallest absolute Gasteiger partial charge is 0.243 e. The number of halogens is 2. The fourth-order valence-corrected chi connectivity index (χ4v) is 5.63. The second-order valence-electron chi connectivity index (χ2n) is 8.60. The number of nitrogens with zero attached hydrogens (tertiary/aromatic N) is 2. The third-order valence-corrected chi connectivity index (χ3v) is 8.08. The zero-order valence-electron chi connectivity index (χ0n) is 18.0. The third-order valence-electron chi connectivity index (χ3n) is 6.17. The van der Waals surface area contributed by atoms with Crippen LogP contribution in [0.3, 0.4) is 0 Å². The second kappa shape index (κ2) is 9.67. The molecule has 172 valence electrons. The SMILES string of the molecule is O=C(CCc1ccc(S(=O)(=O)N2CCCCC2)cc1)N(Cc1ccc(F)cc1F)C1CC1. The van der Waals surface area contributed by atoms with Crippen LogP contribution in [0.4, 0.5) is 8.78 Å². The standard InChI is InChI=1S/C24H28F2N2O3S/c25-20-8-7-19(23(26)16-20)17-28(21-9-10-21)24(29)13-6-18-4-11-22(12-5-18)32(30,31)27-14-2-1-3-15-27/h4-5,7-8,11-12,16,21H,1-3,6,9-10,13-15,17H2. The predicted octanol–water partition coefficient (Wildman–Crippen LogP) is 4.26. The molecule has 0 N–H and O–H groups in total. The molecule has 0 radical (unpaired) electrons. The number of amides is 1. The number of aryl methyl sites for hydroxylation is 1. The average Bonchev–Trinajstić information content (AvgIpc) is 3.63. The molecule has 0 unspecified atom stereocenters. The quantitative estimate of drug-likeness (QED) is 0.589. The van der Waals surface area contributed by atoms with Gasteiger partial charge in [-0.2, -0.15) is 4.31 Å². The van der Waals surface area contributed by atoms with Gasteiger partial charge in [0.15, 0.2) is 0 Å². The highest BCUT2D eigenvalue weighted by Crippen LogP contribution is 2.30. The number of sulfonamides is 1. The Morgan fingerprint density at radius 2 is 1.69 bits per heavy atom. The first-order valence-electron chi connectivity index (χ1n) is 11.2. The van der Waals surface area contributed by atoms with Gasteiger partial charge >= 0.3 is 0 Å². The van der Waals surface area contributed by atoms with Crippen LogP contribution in [-0.4, -0.2) is 42.7 Å². The van der Waals surface area contributed by atoms with Gasteiger partial charge in [0.2, 0.25) is 15.9 Å². The van der Waals surface area contributed by atoms with Gasteiger partial charge in [0.1, 0.15) is 11.6 Å². The lowest BCUT2D eigenvalue weighted by Crippen LogP contribution is -2.35. The molecule has 1 aliphatic carbocycles. The van der Waals surface area contributed by atoms with Crippen molar-refractivity contribution in [2.24, 2.45) is 0 Å². The van der Waals surface area contributed by atoms with Crippen molar-refractivity contribution < 1.29 is 22.0 Å². The van der Waals surface area contributed by atoms with E-state index in [2.05, 4.69) is 0 Å². The summed E-state index contributed by atoms with van der Waals surface area (Å²) in [7, 11) is -3.47. The Balaban J connectivity index is 1.37. The van der Waals surface area contributed by atoms with Crippen molar-refractivity contribution >= 4 is 15.9 Å². The zero-order valence-corrected chi connectivity index (χ0v) is 18.8. The molecule has 1 aliphatic heterocycles. The molecule has 2 fully saturated rings. The summed E-state index contributed by atoms with van der Waals surface area (Å²) in [5.74, 6) is -1.36. The lowest BCUT2D eigenvalue weighted by Gasteiger charge is -2.26. The Morgan fingerprint density at radius 1 is 1.00 bits per heavy atom. The number of benzene rings is 2. The predicted molar refractivity (Wildman–Crippen MR) is 117 cm³/mol. The number of rotatable bonds is 8. The third kappa shape index (κ3) is 5.35. The summed E-state index contributed by atoms with van der Waals surface area (Å²) < 4.78 is 54.3. The minimum atomic E-state index is -3.47. The van der Waals surface area contributed by atoms with Crippen molar-refractivity contribution in [1.29, 1.82) is 0 Å². The van der Waals surface area contributed by atoms with Crippen LogP contribution in [0.1, 0.15) is 49.7 Å². The van der Waals surface area contributed by atoms with Gasteiger partial charge in [0.05, 0.1) is 4.90 Å². The Hall–Kier alpha value is -2.32. The minimum absolute atomic E-state index is 0.0822. The summed E-state index contributed by atoms with van der Waals surface area (Å²) >= 11 is 0. The fourth-order valence-electron chi connectivity index (χ4n) is 4.12. The summed E-state index contributed by atoms with van der Waals surface area (Å²) in [4.78, 5) is 14.8. The van der Waals surface area contributed by atoms with E-state index in [1.807, 2.05) is 0 Å². The first-order chi connectivity index (χ1) is 15.3. The van der Waals surface area contributed by atoms with Crippen molar-refractivity contribution in [2.45, 2.75) is 62.4 Å². The molecule has 0 aromatic heterocycles. The minimum Gasteiger partial charge on any atom is -0.335 e. The van der Waals surface area contributed by atoms with E-state index >= 15 is 0 Å². The van der Waals surface area contributed by atoms with E-state index in [0.717, 1.165) is 43.7 Å². The van der Waals surface area contributed by atoms with Crippen LogP contribution < -0.4 is 0 Å². The number of hydrogen-bond donors (Lipinski definition) is 0. The number of carbonyl (C=O) groups excluding carboxylic acids is 1. The van der Waals surface area contributed by atoms with Crippen LogP contribution in [-0.2, 0) is 27.8 Å². The van der Waals surface area contributed by atoms with Gasteiger partial charge in [-0.1, -0.05) is 24.6 Å². The van der Waals surface area contributed by atoms with Crippen LogP contribution in [0.5, 0.6) is 0 Å². The molecule has 0 atom stereocenters. The largest absolute Gasteiger partial charge is 0.335 e. The molecule has 2 aliphatic rings. The van der Waals surface area contributed by atoms with Gasteiger partial charge in [-0.3, -0.25) is 4.79 Å². The van der Waals surface area contributed by atoms with E-state index < -0.39 is 21.7 Å². The second-order valence-corrected chi connectivity index (χ2v) is 10.5. The van der Waals surface area contributed by atoms with Crippen LogP contribution in [0.15, 0.2) is 47.4 Å². The van der Waals surface area contributed by atoms with Crippen molar-refractivity contribution in [1.82, 2.24) is 9.21 Å². The van der Waals surface area contributed by atoms with Crippen LogP contribution in [0, 0.1) is 11.6 Å². The molecule has 1 saturated carbocycles. The molecule has 8 heteroatoms. The van der Waals surface area contributed by atoms with E-state index in [0.29, 0.717) is 25.1 Å². The molecule has 0 spiro atoms. The van der Waals surface area contributed by atoms with Gasteiger partial charge in [-0.25, -0.2) is 17.2 Å². The van der Waals surface area contributed by atoms with Gasteiger partial charge in [-0.05, 0) is 55.9 Å². The van der Waals surface area contributed by atoms with Crippen molar-refractivity contribution in [3.63, 3.8) is 0 Å². The van der Waals surface area contributed by atoms with Gasteiger partial charge < -0.3 is 4.90 Å². The Bertz CT molecular complexity index is 1060. The van der Waals surface area contributed by atoms with Crippen LogP contribution in [0.25, 0.3) is 0 Å². The average molecular weight is 463 g/mol. The van der Waals surface area contributed by atoms with Gasteiger partial charge in [0.25, 0.3) is 0 Å². The number of hydrogen-bond acceptors (Lipinski definition) is 3. The Labute approximate surface area is 188 Å². The maximum absolute atomic E-state index is 14.0. The highest BCUT2D eigenvalue weighted by Gasteiger charge is 2.33. The van der Waals surface area contributed by atoms with Crippen LogP contribution in [0.2, 0.25) is 0 Å². The van der Waals surface area contributed by atoms with Crippen molar-refractivity contribution in [3.8, 4) is 0 Å². The molecular weight excluding hydrogens is 434 g/mol. The molecule has 2 aromatic rings. The molecule has 1 heterocycles. The molecule has 32 heavy (non-hydrogen) atoms. The normalized spacial score (nSPS) is 17.3. The molecule has 2 aromatic carbocycles. The first kappa shape index (κ1) is 22.9. The van der Waals surface area contributed by atoms with Crippen molar-refractivity contribution in [2.75, 3.05) is 13.1 Å². The van der Waals surface area contributed by atoms with Gasteiger partial charge in [0, 0.05) is 43.7 Å². The van der Waals surface area contributed by atoms with Gasteiger partial charge in [-0.15, -0.1) is 0 Å². The molecular formula is C24H28F2N2O3S. The summed E-state index contributed by atoms with van der Waals surface area (Å²) in [5, 5.41) is 0. The molecule has 4 rings (SSSR count). The lowest BCUT2D eigenvalue weighted by molar-refractivity contribution is -0.132. The summed E-state index contributed by atoms with van der Waals surface area (Å²) in [6.07, 6.45) is 5.33.